The molecule has 1 N–H and O–H groups in total. The van der Waals surface area contributed by atoms with E-state index < -0.39 is 0 Å². The maximum atomic E-state index is 5.26. The molecule has 1 aromatic carbocycles. The smallest absolute Gasteiger partial charge is 0.161 e. The van der Waals surface area contributed by atoms with E-state index in [0.717, 1.165) is 29.4 Å². The molecule has 0 amide bonds. The Morgan fingerprint density at radius 3 is 2.42 bits per heavy atom. The molecule has 5 nitrogen and oxygen atoms in total. The molecule has 0 aliphatic rings. The molecule has 0 saturated carbocycles. The lowest BCUT2D eigenvalue weighted by molar-refractivity contribution is 0.354. The summed E-state index contributed by atoms with van der Waals surface area (Å²) in [6.45, 7) is 1.35. The SMILES string of the molecule is COc1ccc(CNCc2ncccn2)cc1OC. The lowest BCUT2D eigenvalue weighted by Crippen LogP contribution is -2.14. The molecule has 5 heteroatoms. The standard InChI is InChI=1S/C14H17N3O2/c1-18-12-5-4-11(8-13(12)19-2)9-15-10-14-16-6-3-7-17-14/h3-8,15H,9-10H2,1-2H3. The zero-order chi connectivity index (χ0) is 13.5. The molecule has 1 aromatic heterocycles. The van der Waals surface area contributed by atoms with E-state index in [9.17, 15) is 0 Å². The van der Waals surface area contributed by atoms with Crippen LogP contribution in [-0.4, -0.2) is 24.2 Å². The van der Waals surface area contributed by atoms with Crippen molar-refractivity contribution in [2.75, 3.05) is 14.2 Å². The predicted molar refractivity (Wildman–Crippen MR) is 72.1 cm³/mol. The Morgan fingerprint density at radius 1 is 1.00 bits per heavy atom. The zero-order valence-corrected chi connectivity index (χ0v) is 11.1. The van der Waals surface area contributed by atoms with Gasteiger partial charge >= 0.3 is 0 Å². The van der Waals surface area contributed by atoms with Crippen molar-refractivity contribution in [3.05, 3.63) is 48.0 Å². The van der Waals surface area contributed by atoms with Crippen LogP contribution in [0.5, 0.6) is 11.5 Å². The number of benzene rings is 1. The van der Waals surface area contributed by atoms with Gasteiger partial charge in [0.15, 0.2) is 11.5 Å². The second-order valence-corrected chi connectivity index (χ2v) is 3.96. The summed E-state index contributed by atoms with van der Waals surface area (Å²) in [6.07, 6.45) is 3.47. The third-order valence-electron chi connectivity index (χ3n) is 2.68. The summed E-state index contributed by atoms with van der Waals surface area (Å²) in [5.41, 5.74) is 1.12. The Hall–Kier alpha value is -2.14. The molecule has 0 saturated heterocycles. The number of aromatic nitrogens is 2. The van der Waals surface area contributed by atoms with Gasteiger partial charge in [-0.1, -0.05) is 6.07 Å². The van der Waals surface area contributed by atoms with E-state index in [-0.39, 0.29) is 0 Å². The number of ether oxygens (including phenoxy) is 2. The summed E-state index contributed by atoms with van der Waals surface area (Å²) in [5.74, 6) is 2.25. The number of nitrogens with zero attached hydrogens (tertiary/aromatic N) is 2. The van der Waals surface area contributed by atoms with E-state index in [1.807, 2.05) is 18.2 Å². The molecule has 0 atom stereocenters. The largest absolute Gasteiger partial charge is 0.493 e. The monoisotopic (exact) mass is 259 g/mol. The van der Waals surface area contributed by atoms with Gasteiger partial charge < -0.3 is 14.8 Å². The van der Waals surface area contributed by atoms with Gasteiger partial charge in [0.2, 0.25) is 0 Å². The van der Waals surface area contributed by atoms with Crippen LogP contribution in [0.1, 0.15) is 11.4 Å². The van der Waals surface area contributed by atoms with Gasteiger partial charge in [-0.25, -0.2) is 9.97 Å². The molecule has 0 radical (unpaired) electrons. The Balaban J connectivity index is 1.93. The second-order valence-electron chi connectivity index (χ2n) is 3.96. The summed E-state index contributed by atoms with van der Waals surface area (Å²) < 4.78 is 10.5. The minimum absolute atomic E-state index is 0.634. The second kappa shape index (κ2) is 6.70. The van der Waals surface area contributed by atoms with Crippen LogP contribution in [0, 0.1) is 0 Å². The van der Waals surface area contributed by atoms with Gasteiger partial charge in [-0.15, -0.1) is 0 Å². The van der Waals surface area contributed by atoms with Crippen molar-refractivity contribution in [3.63, 3.8) is 0 Å². The van der Waals surface area contributed by atoms with Crippen molar-refractivity contribution in [2.24, 2.45) is 0 Å². The van der Waals surface area contributed by atoms with Crippen molar-refractivity contribution < 1.29 is 9.47 Å². The lowest BCUT2D eigenvalue weighted by atomic mass is 10.2. The quantitative estimate of drug-likeness (QED) is 0.857. The van der Waals surface area contributed by atoms with E-state index in [4.69, 9.17) is 9.47 Å². The molecule has 0 bridgehead atoms. The summed E-state index contributed by atoms with van der Waals surface area (Å²) >= 11 is 0. The van der Waals surface area contributed by atoms with Crippen molar-refractivity contribution in [3.8, 4) is 11.5 Å². The Bertz CT molecular complexity index is 517. The van der Waals surface area contributed by atoms with Crippen molar-refractivity contribution in [1.29, 1.82) is 0 Å². The van der Waals surface area contributed by atoms with Crippen molar-refractivity contribution >= 4 is 0 Å². The van der Waals surface area contributed by atoms with Gasteiger partial charge in [-0.3, -0.25) is 0 Å². The number of hydrogen-bond donors (Lipinski definition) is 1. The minimum Gasteiger partial charge on any atom is -0.493 e. The molecule has 0 spiro atoms. The zero-order valence-electron chi connectivity index (χ0n) is 11.1. The highest BCUT2D eigenvalue weighted by molar-refractivity contribution is 5.42. The van der Waals surface area contributed by atoms with Gasteiger partial charge in [-0.05, 0) is 23.8 Å². The molecule has 0 aliphatic carbocycles. The molecule has 100 valence electrons. The van der Waals surface area contributed by atoms with E-state index in [1.54, 1.807) is 32.7 Å². The molecule has 0 aliphatic heterocycles. The summed E-state index contributed by atoms with van der Waals surface area (Å²) in [4.78, 5) is 8.31. The fourth-order valence-electron chi connectivity index (χ4n) is 1.73. The highest BCUT2D eigenvalue weighted by Gasteiger charge is 2.04. The number of nitrogens with one attached hydrogen (secondary N) is 1. The first-order valence-corrected chi connectivity index (χ1v) is 6.01. The average molecular weight is 259 g/mol. The number of rotatable bonds is 6. The van der Waals surface area contributed by atoms with Crippen LogP contribution >= 0.6 is 0 Å². The Kier molecular flexibility index (Phi) is 4.69. The first-order valence-electron chi connectivity index (χ1n) is 6.01. The normalized spacial score (nSPS) is 10.2. The molecular formula is C14H17N3O2. The van der Waals surface area contributed by atoms with Crippen LogP contribution in [0.3, 0.4) is 0 Å². The third kappa shape index (κ3) is 3.66. The topological polar surface area (TPSA) is 56.3 Å². The van der Waals surface area contributed by atoms with Crippen LogP contribution < -0.4 is 14.8 Å². The lowest BCUT2D eigenvalue weighted by Gasteiger charge is -2.10. The summed E-state index contributed by atoms with van der Waals surface area (Å²) in [6, 6.07) is 7.66. The summed E-state index contributed by atoms with van der Waals surface area (Å²) in [7, 11) is 3.26. The highest BCUT2D eigenvalue weighted by atomic mass is 16.5. The van der Waals surface area contributed by atoms with Gasteiger partial charge in [0, 0.05) is 18.9 Å². The highest BCUT2D eigenvalue weighted by Crippen LogP contribution is 2.27. The Labute approximate surface area is 112 Å². The fraction of sp³-hybridized carbons (Fsp3) is 0.286. The van der Waals surface area contributed by atoms with E-state index in [2.05, 4.69) is 15.3 Å². The maximum Gasteiger partial charge on any atom is 0.161 e. The maximum absolute atomic E-state index is 5.26. The first-order chi connectivity index (χ1) is 9.33. The van der Waals surface area contributed by atoms with Crippen LogP contribution in [-0.2, 0) is 13.1 Å². The fourth-order valence-corrected chi connectivity index (χ4v) is 1.73. The minimum atomic E-state index is 0.634. The molecule has 0 unspecified atom stereocenters. The van der Waals surface area contributed by atoms with E-state index in [1.165, 1.54) is 0 Å². The summed E-state index contributed by atoms with van der Waals surface area (Å²) in [5, 5.41) is 3.29. The van der Waals surface area contributed by atoms with Crippen molar-refractivity contribution in [1.82, 2.24) is 15.3 Å². The van der Waals surface area contributed by atoms with Gasteiger partial charge in [-0.2, -0.15) is 0 Å². The molecule has 19 heavy (non-hydrogen) atoms. The van der Waals surface area contributed by atoms with Crippen LogP contribution in [0.4, 0.5) is 0 Å². The number of hydrogen-bond acceptors (Lipinski definition) is 5. The number of methoxy groups -OCH3 is 2. The molecular weight excluding hydrogens is 242 g/mol. The molecule has 0 fully saturated rings. The van der Waals surface area contributed by atoms with Gasteiger partial charge in [0.05, 0.1) is 20.8 Å². The van der Waals surface area contributed by atoms with E-state index in [0.29, 0.717) is 6.54 Å². The van der Waals surface area contributed by atoms with Crippen molar-refractivity contribution in [2.45, 2.75) is 13.1 Å². The van der Waals surface area contributed by atoms with Crippen LogP contribution in [0.2, 0.25) is 0 Å². The van der Waals surface area contributed by atoms with Gasteiger partial charge in [0.25, 0.3) is 0 Å². The predicted octanol–water partition coefficient (Wildman–Crippen LogP) is 1.78. The Morgan fingerprint density at radius 2 is 1.74 bits per heavy atom. The first kappa shape index (κ1) is 13.3. The molecule has 2 rings (SSSR count). The third-order valence-corrected chi connectivity index (χ3v) is 2.68. The van der Waals surface area contributed by atoms with Crippen LogP contribution in [0.25, 0.3) is 0 Å². The average Bonchev–Trinajstić information content (AvgIpc) is 2.48. The molecule has 2 aromatic rings. The van der Waals surface area contributed by atoms with Crippen LogP contribution in [0.15, 0.2) is 36.7 Å². The van der Waals surface area contributed by atoms with Gasteiger partial charge in [0.1, 0.15) is 5.82 Å². The molecule has 1 heterocycles. The van der Waals surface area contributed by atoms with E-state index >= 15 is 0 Å².